The lowest BCUT2D eigenvalue weighted by molar-refractivity contribution is -0.136. The van der Waals surface area contributed by atoms with Gasteiger partial charge in [0, 0.05) is 6.04 Å². The lowest BCUT2D eigenvalue weighted by Crippen LogP contribution is -2.37. The first-order valence-corrected chi connectivity index (χ1v) is 13.8. The number of benzene rings is 4. The number of esters is 1. The fraction of sp³-hybridized carbons (Fsp3) is 0.182. The molecule has 4 aromatic rings. The smallest absolute Gasteiger partial charge is 0.344 e. The van der Waals surface area contributed by atoms with E-state index in [1.165, 1.54) is 12.6 Å². The summed E-state index contributed by atoms with van der Waals surface area (Å²) in [7, 11) is 0. The zero-order valence-corrected chi connectivity index (χ0v) is 22.8. The molecule has 0 atom stereocenters. The molecule has 212 valence electrons. The molecule has 9 nitrogen and oxygen atoms in total. The van der Waals surface area contributed by atoms with Gasteiger partial charge in [0.25, 0.3) is 5.91 Å². The van der Waals surface area contributed by atoms with Crippen molar-refractivity contribution in [2.24, 2.45) is 5.10 Å². The van der Waals surface area contributed by atoms with Crippen LogP contribution in [0.1, 0.15) is 58.4 Å². The van der Waals surface area contributed by atoms with Gasteiger partial charge in [-0.05, 0) is 71.6 Å². The molecule has 0 heterocycles. The maximum Gasteiger partial charge on any atom is 0.344 e. The average Bonchev–Trinajstić information content (AvgIpc) is 3.02. The molecule has 0 radical (unpaired) electrons. The van der Waals surface area contributed by atoms with E-state index in [1.54, 1.807) is 60.7 Å². The van der Waals surface area contributed by atoms with Crippen LogP contribution in [-0.4, -0.2) is 35.9 Å². The Bertz CT molecular complexity index is 1640. The van der Waals surface area contributed by atoms with Gasteiger partial charge < -0.3 is 15.4 Å². The number of ether oxygens (including phenoxy) is 1. The third-order valence-electron chi connectivity index (χ3n) is 7.05. The van der Waals surface area contributed by atoms with Gasteiger partial charge in [0.2, 0.25) is 0 Å². The normalized spacial score (nSPS) is 13.4. The molecule has 1 aliphatic rings. The van der Waals surface area contributed by atoms with E-state index in [9.17, 15) is 19.2 Å². The van der Waals surface area contributed by atoms with Gasteiger partial charge in [-0.2, -0.15) is 5.10 Å². The monoisotopic (exact) mass is 562 g/mol. The molecule has 0 aromatic heterocycles. The summed E-state index contributed by atoms with van der Waals surface area (Å²) in [6, 6.07) is 26.2. The largest absolute Gasteiger partial charge is 0.423 e. The lowest BCUT2D eigenvalue weighted by atomic mass is 9.95. The number of carbonyl (C=O) groups is 4. The quantitative estimate of drug-likeness (QED) is 0.0937. The van der Waals surface area contributed by atoms with E-state index in [0.717, 1.165) is 36.5 Å². The van der Waals surface area contributed by atoms with E-state index in [0.29, 0.717) is 16.9 Å². The van der Waals surface area contributed by atoms with Crippen molar-refractivity contribution in [3.63, 3.8) is 0 Å². The Morgan fingerprint density at radius 1 is 0.738 bits per heavy atom. The molecule has 5 rings (SSSR count). The maximum absolute atomic E-state index is 12.8. The third-order valence-corrected chi connectivity index (χ3v) is 7.05. The lowest BCUT2D eigenvalue weighted by Gasteiger charge is -2.23. The molecule has 1 saturated carbocycles. The minimum atomic E-state index is -0.991. The summed E-state index contributed by atoms with van der Waals surface area (Å²) in [4.78, 5) is 50.4. The topological polar surface area (TPSA) is 126 Å². The van der Waals surface area contributed by atoms with Gasteiger partial charge in [-0.1, -0.05) is 67.8 Å². The molecule has 3 amide bonds. The van der Waals surface area contributed by atoms with E-state index in [-0.39, 0.29) is 23.2 Å². The van der Waals surface area contributed by atoms with Crippen molar-refractivity contribution in [2.45, 2.75) is 38.1 Å². The number of amides is 3. The van der Waals surface area contributed by atoms with Crippen LogP contribution in [0.2, 0.25) is 0 Å². The van der Waals surface area contributed by atoms with Crippen LogP contribution in [0.3, 0.4) is 0 Å². The summed E-state index contributed by atoms with van der Waals surface area (Å²) in [6.45, 7) is 0. The van der Waals surface area contributed by atoms with Crippen LogP contribution in [0, 0.1) is 0 Å². The number of hydrogen-bond acceptors (Lipinski definition) is 6. The number of anilines is 1. The molecular formula is C33H30N4O5. The zero-order valence-electron chi connectivity index (χ0n) is 22.8. The van der Waals surface area contributed by atoms with E-state index >= 15 is 0 Å². The molecule has 9 heteroatoms. The minimum absolute atomic E-state index is 0.109. The van der Waals surface area contributed by atoms with Crippen molar-refractivity contribution in [1.29, 1.82) is 0 Å². The number of nitrogens with zero attached hydrogens (tertiary/aromatic N) is 1. The Morgan fingerprint density at radius 2 is 1.43 bits per heavy atom. The molecule has 0 bridgehead atoms. The van der Waals surface area contributed by atoms with Crippen molar-refractivity contribution < 1.29 is 23.9 Å². The standard InChI is InChI=1S/C33H30N4O5/c38-30(35-24-11-2-1-3-12-24)28-14-6-7-16-29(28)36-31(39)32(40)37-34-21-22-17-19-25(20-18-22)42-33(41)27-15-8-10-23-9-4-5-13-26(23)27/h4-10,13-21,24H,1-3,11-12H2,(H,35,38)(H,36,39)(H,37,40)/b34-21-. The second-order valence-corrected chi connectivity index (χ2v) is 9.99. The molecule has 0 spiro atoms. The molecule has 3 N–H and O–H groups in total. The van der Waals surface area contributed by atoms with Gasteiger partial charge in [-0.15, -0.1) is 0 Å². The van der Waals surface area contributed by atoms with Crippen molar-refractivity contribution in [2.75, 3.05) is 5.32 Å². The SMILES string of the molecule is O=C(N/N=C\c1ccc(OC(=O)c2cccc3ccccc23)cc1)C(=O)Nc1ccccc1C(=O)NC1CCCCC1. The van der Waals surface area contributed by atoms with Crippen molar-refractivity contribution >= 4 is 46.4 Å². The van der Waals surface area contributed by atoms with Crippen LogP contribution >= 0.6 is 0 Å². The Morgan fingerprint density at radius 3 is 2.24 bits per heavy atom. The Labute approximate surface area is 243 Å². The van der Waals surface area contributed by atoms with Crippen LogP contribution in [0.25, 0.3) is 10.8 Å². The highest BCUT2D eigenvalue weighted by Crippen LogP contribution is 2.22. The van der Waals surface area contributed by atoms with Crippen LogP contribution in [0.5, 0.6) is 5.75 Å². The van der Waals surface area contributed by atoms with Crippen molar-refractivity contribution in [1.82, 2.24) is 10.7 Å². The Hall–Kier alpha value is -5.31. The number of para-hydroxylation sites is 1. The van der Waals surface area contributed by atoms with Gasteiger partial charge in [0.1, 0.15) is 5.75 Å². The van der Waals surface area contributed by atoms with E-state index < -0.39 is 17.8 Å². The highest BCUT2D eigenvalue weighted by Gasteiger charge is 2.21. The summed E-state index contributed by atoms with van der Waals surface area (Å²) in [5, 5.41) is 11.1. The van der Waals surface area contributed by atoms with Crippen LogP contribution in [-0.2, 0) is 9.59 Å². The van der Waals surface area contributed by atoms with Gasteiger partial charge >= 0.3 is 17.8 Å². The molecule has 0 saturated heterocycles. The molecular weight excluding hydrogens is 532 g/mol. The van der Waals surface area contributed by atoms with Gasteiger partial charge in [-0.3, -0.25) is 14.4 Å². The number of fused-ring (bicyclic) bond motifs is 1. The van der Waals surface area contributed by atoms with Crippen LogP contribution in [0.15, 0.2) is 96.1 Å². The van der Waals surface area contributed by atoms with Gasteiger partial charge in [-0.25, -0.2) is 10.2 Å². The average molecular weight is 563 g/mol. The summed E-state index contributed by atoms with van der Waals surface area (Å²) in [6.07, 6.45) is 6.54. The number of nitrogens with one attached hydrogen (secondary N) is 3. The summed E-state index contributed by atoms with van der Waals surface area (Å²) < 4.78 is 5.53. The fourth-order valence-electron chi connectivity index (χ4n) is 4.88. The first-order valence-electron chi connectivity index (χ1n) is 13.8. The zero-order chi connectivity index (χ0) is 29.3. The number of hydrazone groups is 1. The van der Waals surface area contributed by atoms with Crippen LogP contribution < -0.4 is 20.8 Å². The first kappa shape index (κ1) is 28.2. The number of hydrogen-bond donors (Lipinski definition) is 3. The fourth-order valence-corrected chi connectivity index (χ4v) is 4.88. The van der Waals surface area contributed by atoms with Crippen LogP contribution in [0.4, 0.5) is 5.69 Å². The molecule has 4 aromatic carbocycles. The Balaban J connectivity index is 1.14. The predicted molar refractivity (Wildman–Crippen MR) is 160 cm³/mol. The highest BCUT2D eigenvalue weighted by molar-refractivity contribution is 6.40. The van der Waals surface area contributed by atoms with Crippen molar-refractivity contribution in [3.8, 4) is 5.75 Å². The molecule has 1 fully saturated rings. The minimum Gasteiger partial charge on any atom is -0.423 e. The number of rotatable bonds is 7. The third kappa shape index (κ3) is 7.06. The van der Waals surface area contributed by atoms with E-state index in [4.69, 9.17) is 4.74 Å². The highest BCUT2D eigenvalue weighted by atomic mass is 16.5. The molecule has 0 aliphatic heterocycles. The van der Waals surface area contributed by atoms with Crippen molar-refractivity contribution in [3.05, 3.63) is 108 Å². The second-order valence-electron chi connectivity index (χ2n) is 9.99. The first-order chi connectivity index (χ1) is 20.5. The Kier molecular flexibility index (Phi) is 8.98. The van der Waals surface area contributed by atoms with Gasteiger partial charge in [0.15, 0.2) is 0 Å². The summed E-state index contributed by atoms with van der Waals surface area (Å²) in [5.74, 6) is -2.36. The molecule has 42 heavy (non-hydrogen) atoms. The number of carbonyl (C=O) groups excluding carboxylic acids is 4. The maximum atomic E-state index is 12.8. The van der Waals surface area contributed by atoms with Gasteiger partial charge in [0.05, 0.1) is 23.0 Å². The summed E-state index contributed by atoms with van der Waals surface area (Å²) in [5.41, 5.74) is 3.78. The van der Waals surface area contributed by atoms with E-state index in [2.05, 4.69) is 21.2 Å². The molecule has 1 aliphatic carbocycles. The summed E-state index contributed by atoms with van der Waals surface area (Å²) >= 11 is 0. The predicted octanol–water partition coefficient (Wildman–Crippen LogP) is 5.21. The van der Waals surface area contributed by atoms with E-state index in [1.807, 2.05) is 30.3 Å². The second kappa shape index (κ2) is 13.4. The molecule has 0 unspecified atom stereocenters.